The lowest BCUT2D eigenvalue weighted by atomic mass is 9.96. The van der Waals surface area contributed by atoms with Crippen molar-refractivity contribution in [3.05, 3.63) is 65.4 Å². The molecule has 3 heterocycles. The summed E-state index contributed by atoms with van der Waals surface area (Å²) in [6, 6.07) is 17.2. The Balaban J connectivity index is 1.49. The predicted molar refractivity (Wildman–Crippen MR) is 116 cm³/mol. The number of thiazole rings is 1. The Hall–Kier alpha value is -2.99. The highest BCUT2D eigenvalue weighted by Gasteiger charge is 2.23. The Morgan fingerprint density at radius 3 is 2.93 bits per heavy atom. The first kappa shape index (κ1) is 17.1. The van der Waals surface area contributed by atoms with Crippen LogP contribution in [0.1, 0.15) is 23.9 Å². The third-order valence-electron chi connectivity index (χ3n) is 5.26. The van der Waals surface area contributed by atoms with Crippen LogP contribution in [-0.2, 0) is 0 Å². The number of para-hydroxylation sites is 1. The number of hydrogen-bond acceptors (Lipinski definition) is 6. The second kappa shape index (κ2) is 6.87. The lowest BCUT2D eigenvalue weighted by Gasteiger charge is -2.33. The Morgan fingerprint density at radius 1 is 1.11 bits per heavy atom. The van der Waals surface area contributed by atoms with Gasteiger partial charge in [0.2, 0.25) is 0 Å². The highest BCUT2D eigenvalue weighted by molar-refractivity contribution is 7.16. The first-order valence-electron chi connectivity index (χ1n) is 9.43. The van der Waals surface area contributed by atoms with Crippen molar-refractivity contribution in [2.24, 2.45) is 0 Å². The molecule has 0 fully saturated rings. The van der Waals surface area contributed by atoms with Crippen LogP contribution in [0, 0.1) is 6.92 Å². The molecule has 1 aliphatic rings. The zero-order valence-corrected chi connectivity index (χ0v) is 16.7. The summed E-state index contributed by atoms with van der Waals surface area (Å²) in [6.45, 7) is 2.97. The summed E-state index contributed by atoms with van der Waals surface area (Å²) in [6.07, 6.45) is 1.04. The van der Waals surface area contributed by atoms with E-state index in [-0.39, 0.29) is 6.04 Å². The molecule has 5 nitrogen and oxygen atoms in total. The van der Waals surface area contributed by atoms with Crippen LogP contribution in [-0.4, -0.2) is 28.5 Å². The minimum Gasteiger partial charge on any atom is -0.374 e. The van der Waals surface area contributed by atoms with Gasteiger partial charge < -0.3 is 10.2 Å². The van der Waals surface area contributed by atoms with Crippen molar-refractivity contribution in [3.63, 3.8) is 0 Å². The van der Waals surface area contributed by atoms with Gasteiger partial charge in [-0.15, -0.1) is 11.3 Å². The van der Waals surface area contributed by atoms with Crippen LogP contribution in [0.15, 0.2) is 54.0 Å². The van der Waals surface area contributed by atoms with E-state index in [9.17, 15) is 0 Å². The Kier molecular flexibility index (Phi) is 4.20. The van der Waals surface area contributed by atoms with E-state index >= 15 is 0 Å². The van der Waals surface area contributed by atoms with Gasteiger partial charge in [-0.05, 0) is 37.1 Å². The van der Waals surface area contributed by atoms with Gasteiger partial charge in [0, 0.05) is 30.9 Å². The molecule has 0 saturated carbocycles. The first-order chi connectivity index (χ1) is 13.7. The topological polar surface area (TPSA) is 53.9 Å². The fraction of sp³-hybridized carbons (Fsp3) is 0.227. The van der Waals surface area contributed by atoms with Gasteiger partial charge in [-0.3, -0.25) is 0 Å². The van der Waals surface area contributed by atoms with E-state index in [1.165, 1.54) is 16.0 Å². The fourth-order valence-corrected chi connectivity index (χ4v) is 4.58. The largest absolute Gasteiger partial charge is 0.374 e. The quantitative estimate of drug-likeness (QED) is 0.533. The van der Waals surface area contributed by atoms with Crippen molar-refractivity contribution in [1.82, 2.24) is 15.0 Å². The number of nitrogens with one attached hydrogen (secondary N) is 1. The lowest BCUT2D eigenvalue weighted by Crippen LogP contribution is -2.30. The van der Waals surface area contributed by atoms with Crippen molar-refractivity contribution < 1.29 is 0 Å². The maximum absolute atomic E-state index is 4.67. The number of anilines is 2. The second-order valence-electron chi connectivity index (χ2n) is 7.19. The molecule has 1 atom stereocenters. The van der Waals surface area contributed by atoms with Crippen molar-refractivity contribution in [3.8, 4) is 11.3 Å². The maximum atomic E-state index is 4.67. The summed E-state index contributed by atoms with van der Waals surface area (Å²) < 4.78 is 1.17. The number of rotatable bonds is 3. The standard InChI is InChI=1S/C22H21N5S/c1-14-24-19(15-7-8-18-21(11-15)28-13-23-18)12-22(25-14)26-17-9-10-27(2)20-6-4-3-5-16(17)20/h3-8,11-13,17H,9-10H2,1-2H3,(H,24,25,26). The molecular formula is C22H21N5S. The summed E-state index contributed by atoms with van der Waals surface area (Å²) in [4.78, 5) is 16.0. The van der Waals surface area contributed by atoms with Crippen LogP contribution in [0.5, 0.6) is 0 Å². The molecule has 1 N–H and O–H groups in total. The van der Waals surface area contributed by atoms with E-state index in [0.717, 1.165) is 41.4 Å². The van der Waals surface area contributed by atoms with Gasteiger partial charge in [0.1, 0.15) is 11.6 Å². The van der Waals surface area contributed by atoms with Crippen molar-refractivity contribution in [2.75, 3.05) is 23.8 Å². The van der Waals surface area contributed by atoms with Crippen molar-refractivity contribution in [1.29, 1.82) is 0 Å². The van der Waals surface area contributed by atoms with Crippen LogP contribution in [0.25, 0.3) is 21.5 Å². The molecule has 0 bridgehead atoms. The summed E-state index contributed by atoms with van der Waals surface area (Å²) in [5.74, 6) is 1.64. The molecule has 0 radical (unpaired) electrons. The second-order valence-corrected chi connectivity index (χ2v) is 8.07. The molecule has 0 saturated heterocycles. The molecule has 5 rings (SSSR count). The van der Waals surface area contributed by atoms with Crippen LogP contribution in [0.3, 0.4) is 0 Å². The molecule has 4 aromatic rings. The van der Waals surface area contributed by atoms with Crippen LogP contribution in [0.4, 0.5) is 11.5 Å². The molecule has 1 unspecified atom stereocenters. The van der Waals surface area contributed by atoms with Gasteiger partial charge in [0.05, 0.1) is 27.5 Å². The van der Waals surface area contributed by atoms with E-state index in [1.807, 2.05) is 12.4 Å². The minimum absolute atomic E-state index is 0.249. The zero-order valence-electron chi connectivity index (χ0n) is 15.9. The molecule has 140 valence electrons. The van der Waals surface area contributed by atoms with Crippen LogP contribution >= 0.6 is 11.3 Å². The minimum atomic E-state index is 0.249. The number of fused-ring (bicyclic) bond motifs is 2. The zero-order chi connectivity index (χ0) is 19.1. The molecule has 2 aromatic carbocycles. The molecular weight excluding hydrogens is 366 g/mol. The maximum Gasteiger partial charge on any atom is 0.130 e. The van der Waals surface area contributed by atoms with E-state index in [4.69, 9.17) is 0 Å². The molecule has 0 aliphatic carbocycles. The van der Waals surface area contributed by atoms with E-state index in [0.29, 0.717) is 0 Å². The van der Waals surface area contributed by atoms with Gasteiger partial charge >= 0.3 is 0 Å². The average Bonchev–Trinajstić information content (AvgIpc) is 3.18. The predicted octanol–water partition coefficient (Wildman–Crippen LogP) is 5.05. The number of nitrogens with zero attached hydrogens (tertiary/aromatic N) is 4. The number of aromatic nitrogens is 3. The summed E-state index contributed by atoms with van der Waals surface area (Å²) in [5.41, 5.74) is 7.54. The molecule has 0 amide bonds. The number of hydrogen-bond donors (Lipinski definition) is 1. The highest BCUT2D eigenvalue weighted by atomic mass is 32.1. The first-order valence-corrected chi connectivity index (χ1v) is 10.3. The molecule has 2 aromatic heterocycles. The Labute approximate surface area is 168 Å². The summed E-state index contributed by atoms with van der Waals surface area (Å²) >= 11 is 1.65. The van der Waals surface area contributed by atoms with E-state index in [1.54, 1.807) is 11.3 Å². The highest BCUT2D eigenvalue weighted by Crippen LogP contribution is 2.35. The van der Waals surface area contributed by atoms with E-state index in [2.05, 4.69) is 80.7 Å². The fourth-order valence-electron chi connectivity index (χ4n) is 3.86. The van der Waals surface area contributed by atoms with Gasteiger partial charge in [-0.2, -0.15) is 0 Å². The SMILES string of the molecule is Cc1nc(NC2CCN(C)c3ccccc32)cc(-c2ccc3ncsc3c2)n1. The monoisotopic (exact) mass is 387 g/mol. The van der Waals surface area contributed by atoms with Gasteiger partial charge in [0.15, 0.2) is 0 Å². The summed E-state index contributed by atoms with van der Waals surface area (Å²) in [7, 11) is 2.15. The average molecular weight is 388 g/mol. The molecule has 0 spiro atoms. The normalized spacial score (nSPS) is 16.2. The van der Waals surface area contributed by atoms with Crippen molar-refractivity contribution in [2.45, 2.75) is 19.4 Å². The smallest absolute Gasteiger partial charge is 0.130 e. The van der Waals surface area contributed by atoms with Gasteiger partial charge in [-0.25, -0.2) is 15.0 Å². The number of benzene rings is 2. The van der Waals surface area contributed by atoms with Crippen molar-refractivity contribution >= 4 is 33.1 Å². The third-order valence-corrected chi connectivity index (χ3v) is 6.06. The Bertz CT molecular complexity index is 1150. The molecule has 28 heavy (non-hydrogen) atoms. The molecule has 6 heteroatoms. The number of aryl methyl sites for hydroxylation is 1. The van der Waals surface area contributed by atoms with Crippen LogP contribution in [0.2, 0.25) is 0 Å². The lowest BCUT2D eigenvalue weighted by molar-refractivity contribution is 0.645. The Morgan fingerprint density at radius 2 is 2.00 bits per heavy atom. The van der Waals surface area contributed by atoms with Crippen LogP contribution < -0.4 is 10.2 Å². The molecule has 1 aliphatic heterocycles. The van der Waals surface area contributed by atoms with E-state index < -0.39 is 0 Å². The van der Waals surface area contributed by atoms with Gasteiger partial charge in [0.25, 0.3) is 0 Å². The van der Waals surface area contributed by atoms with Gasteiger partial charge in [-0.1, -0.05) is 24.3 Å². The third kappa shape index (κ3) is 3.10. The summed E-state index contributed by atoms with van der Waals surface area (Å²) in [5, 5.41) is 3.65.